The van der Waals surface area contributed by atoms with Crippen LogP contribution >= 0.6 is 11.6 Å². The predicted molar refractivity (Wildman–Crippen MR) is 129 cm³/mol. The molecular formula is C26H29ClFN3O3. The van der Waals surface area contributed by atoms with E-state index in [1.807, 2.05) is 11.0 Å². The Bertz CT molecular complexity index is 1060. The molecule has 0 bridgehead atoms. The normalized spacial score (nSPS) is 21.1. The molecule has 2 aliphatic rings. The van der Waals surface area contributed by atoms with E-state index < -0.39 is 5.82 Å². The summed E-state index contributed by atoms with van der Waals surface area (Å²) in [4.78, 5) is 14.7. The first-order valence-electron chi connectivity index (χ1n) is 11.8. The molecule has 0 atom stereocenters. The minimum atomic E-state index is -0.395. The van der Waals surface area contributed by atoms with E-state index in [1.54, 1.807) is 30.3 Å². The minimum Gasteiger partial charge on any atom is -0.490 e. The van der Waals surface area contributed by atoms with Gasteiger partial charge in [0, 0.05) is 37.4 Å². The van der Waals surface area contributed by atoms with Crippen molar-refractivity contribution in [2.45, 2.75) is 50.7 Å². The average Bonchev–Trinajstić information content (AvgIpc) is 2.85. The fourth-order valence-electron chi connectivity index (χ4n) is 4.71. The van der Waals surface area contributed by atoms with Crippen molar-refractivity contribution in [3.8, 4) is 11.8 Å². The summed E-state index contributed by atoms with van der Waals surface area (Å²) in [5, 5.41) is 21.7. The van der Waals surface area contributed by atoms with Crippen molar-refractivity contribution in [1.29, 1.82) is 5.26 Å². The van der Waals surface area contributed by atoms with Gasteiger partial charge in [0.05, 0.1) is 22.4 Å². The van der Waals surface area contributed by atoms with Crippen LogP contribution in [0.1, 0.15) is 54.4 Å². The molecule has 2 fully saturated rings. The molecule has 8 heteroatoms. The van der Waals surface area contributed by atoms with Crippen molar-refractivity contribution in [3.63, 3.8) is 0 Å². The highest BCUT2D eigenvalue weighted by Gasteiger charge is 2.25. The van der Waals surface area contributed by atoms with Crippen LogP contribution in [0.25, 0.3) is 0 Å². The molecule has 0 unspecified atom stereocenters. The van der Waals surface area contributed by atoms with Gasteiger partial charge in [-0.1, -0.05) is 11.6 Å². The number of carbonyl (C=O) groups is 1. The van der Waals surface area contributed by atoms with E-state index in [1.165, 1.54) is 6.07 Å². The van der Waals surface area contributed by atoms with Gasteiger partial charge in [-0.25, -0.2) is 4.39 Å². The molecule has 1 amide bonds. The number of benzene rings is 2. The van der Waals surface area contributed by atoms with Crippen LogP contribution in [0.5, 0.6) is 5.75 Å². The van der Waals surface area contributed by atoms with Gasteiger partial charge in [0.15, 0.2) is 0 Å². The number of hydrogen-bond donors (Lipinski definition) is 2. The summed E-state index contributed by atoms with van der Waals surface area (Å²) < 4.78 is 20.8. The first kappa shape index (κ1) is 24.3. The number of nitrogens with one attached hydrogen (secondary N) is 1. The van der Waals surface area contributed by atoms with E-state index >= 15 is 0 Å². The molecule has 2 N–H and O–H groups in total. The molecule has 180 valence electrons. The van der Waals surface area contributed by atoms with E-state index in [2.05, 4.69) is 5.32 Å². The molecule has 0 aromatic heterocycles. The Hall–Kier alpha value is -2.82. The van der Waals surface area contributed by atoms with E-state index in [9.17, 15) is 14.3 Å². The van der Waals surface area contributed by atoms with E-state index in [4.69, 9.17) is 21.6 Å². The maximum absolute atomic E-state index is 14.8. The molecule has 34 heavy (non-hydrogen) atoms. The lowest BCUT2D eigenvalue weighted by Gasteiger charge is -2.33. The van der Waals surface area contributed by atoms with Gasteiger partial charge in [0.25, 0.3) is 5.91 Å². The van der Waals surface area contributed by atoms with Crippen molar-refractivity contribution in [1.82, 2.24) is 5.32 Å². The van der Waals surface area contributed by atoms with Crippen LogP contribution in [0.4, 0.5) is 10.1 Å². The standard InChI is InChI=1S/C26H29ClFN3O3/c27-23-14-22(5-1-19(23)15-29)34-21-6-3-20(4-7-21)30-26(33)18-2-8-25(24(28)13-18)31-11-9-17(16-32)10-12-31/h1-2,5,8,13-14,17,20-21,32H,3-4,6-7,9-12,16H2,(H,30,33). The van der Waals surface area contributed by atoms with Crippen LogP contribution in [-0.4, -0.2) is 42.9 Å². The SMILES string of the molecule is N#Cc1ccc(OC2CCC(NC(=O)c3ccc(N4CCC(CO)CC4)c(F)c3)CC2)cc1Cl. The Kier molecular flexibility index (Phi) is 7.91. The second-order valence-corrected chi connectivity index (χ2v) is 9.50. The summed E-state index contributed by atoms with van der Waals surface area (Å²) in [6, 6.07) is 11.7. The lowest BCUT2D eigenvalue weighted by molar-refractivity contribution is 0.0893. The van der Waals surface area contributed by atoms with Gasteiger partial charge in [-0.2, -0.15) is 5.26 Å². The highest BCUT2D eigenvalue weighted by atomic mass is 35.5. The summed E-state index contributed by atoms with van der Waals surface area (Å²) in [7, 11) is 0. The lowest BCUT2D eigenvalue weighted by atomic mass is 9.92. The van der Waals surface area contributed by atoms with E-state index in [0.717, 1.165) is 38.5 Å². The van der Waals surface area contributed by atoms with Crippen LogP contribution in [0.3, 0.4) is 0 Å². The van der Waals surface area contributed by atoms with Crippen molar-refractivity contribution < 1.29 is 19.0 Å². The maximum Gasteiger partial charge on any atom is 0.251 e. The summed E-state index contributed by atoms with van der Waals surface area (Å²) >= 11 is 6.07. The summed E-state index contributed by atoms with van der Waals surface area (Å²) in [5.74, 6) is 0.250. The first-order valence-corrected chi connectivity index (χ1v) is 12.2. The third-order valence-corrected chi connectivity index (χ3v) is 7.11. The number of aliphatic hydroxyl groups excluding tert-OH is 1. The highest BCUT2D eigenvalue weighted by molar-refractivity contribution is 6.31. The third kappa shape index (κ3) is 5.81. The fourth-order valence-corrected chi connectivity index (χ4v) is 4.92. The molecule has 2 aromatic carbocycles. The molecule has 4 rings (SSSR count). The van der Waals surface area contributed by atoms with Crippen LogP contribution in [0.15, 0.2) is 36.4 Å². The average molecular weight is 486 g/mol. The predicted octanol–water partition coefficient (Wildman–Crippen LogP) is 4.68. The molecule has 0 spiro atoms. The highest BCUT2D eigenvalue weighted by Crippen LogP contribution is 2.29. The molecule has 1 heterocycles. The number of nitriles is 1. The number of nitrogens with zero attached hydrogens (tertiary/aromatic N) is 2. The van der Waals surface area contributed by atoms with Crippen LogP contribution in [-0.2, 0) is 0 Å². The van der Waals surface area contributed by atoms with Gasteiger partial charge in [-0.15, -0.1) is 0 Å². The Morgan fingerprint density at radius 1 is 1.15 bits per heavy atom. The van der Waals surface area contributed by atoms with E-state index in [0.29, 0.717) is 40.7 Å². The Morgan fingerprint density at radius 2 is 1.88 bits per heavy atom. The second-order valence-electron chi connectivity index (χ2n) is 9.10. The summed E-state index contributed by atoms with van der Waals surface area (Å²) in [6.07, 6.45) is 4.77. The Morgan fingerprint density at radius 3 is 2.50 bits per heavy atom. The number of piperidine rings is 1. The van der Waals surface area contributed by atoms with Gasteiger partial charge in [0.2, 0.25) is 0 Å². The maximum atomic E-state index is 14.8. The summed E-state index contributed by atoms with van der Waals surface area (Å²) in [5.41, 5.74) is 1.24. The molecule has 1 aliphatic carbocycles. The molecule has 1 saturated heterocycles. The summed E-state index contributed by atoms with van der Waals surface area (Å²) in [6.45, 7) is 1.58. The molecule has 1 saturated carbocycles. The number of aliphatic hydroxyl groups is 1. The minimum absolute atomic E-state index is 0.0113. The number of amides is 1. The zero-order valence-electron chi connectivity index (χ0n) is 19.0. The molecule has 0 radical (unpaired) electrons. The number of carbonyl (C=O) groups excluding carboxylic acids is 1. The van der Waals surface area contributed by atoms with Crippen molar-refractivity contribution in [2.75, 3.05) is 24.6 Å². The number of anilines is 1. The Labute approximate surface area is 204 Å². The quantitative estimate of drug-likeness (QED) is 0.620. The van der Waals surface area contributed by atoms with Crippen LogP contribution < -0.4 is 15.0 Å². The topological polar surface area (TPSA) is 85.6 Å². The number of ether oxygens (including phenoxy) is 1. The lowest BCUT2D eigenvalue weighted by Crippen LogP contribution is -2.39. The van der Waals surface area contributed by atoms with Crippen molar-refractivity contribution in [2.24, 2.45) is 5.92 Å². The van der Waals surface area contributed by atoms with Gasteiger partial charge >= 0.3 is 0 Å². The largest absolute Gasteiger partial charge is 0.490 e. The van der Waals surface area contributed by atoms with Gasteiger partial charge in [-0.3, -0.25) is 4.79 Å². The van der Waals surface area contributed by atoms with Crippen molar-refractivity contribution in [3.05, 3.63) is 58.4 Å². The van der Waals surface area contributed by atoms with Gasteiger partial charge < -0.3 is 20.1 Å². The molecule has 2 aromatic rings. The smallest absolute Gasteiger partial charge is 0.251 e. The first-order chi connectivity index (χ1) is 16.5. The van der Waals surface area contributed by atoms with Gasteiger partial charge in [-0.05, 0) is 74.8 Å². The number of rotatable bonds is 6. The van der Waals surface area contributed by atoms with Crippen LogP contribution in [0.2, 0.25) is 5.02 Å². The monoisotopic (exact) mass is 485 g/mol. The van der Waals surface area contributed by atoms with Gasteiger partial charge in [0.1, 0.15) is 17.6 Å². The third-order valence-electron chi connectivity index (χ3n) is 6.80. The zero-order chi connectivity index (χ0) is 24.1. The number of hydrogen-bond acceptors (Lipinski definition) is 5. The molecule has 6 nitrogen and oxygen atoms in total. The fraction of sp³-hybridized carbons (Fsp3) is 0.462. The van der Waals surface area contributed by atoms with Crippen molar-refractivity contribution >= 4 is 23.2 Å². The molecule has 1 aliphatic heterocycles. The molecular weight excluding hydrogens is 457 g/mol. The number of halogens is 2. The van der Waals surface area contributed by atoms with Crippen LogP contribution in [0, 0.1) is 23.1 Å². The Balaban J connectivity index is 1.27. The zero-order valence-corrected chi connectivity index (χ0v) is 19.7. The second kappa shape index (κ2) is 11.1. The van der Waals surface area contributed by atoms with E-state index in [-0.39, 0.29) is 30.6 Å².